The minimum absolute atomic E-state index is 0.268. The zero-order valence-electron chi connectivity index (χ0n) is 8.90. The van der Waals surface area contributed by atoms with Crippen molar-refractivity contribution < 1.29 is 18.8 Å². The Morgan fingerprint density at radius 1 is 1.41 bits per heavy atom. The second-order valence-electron chi connectivity index (χ2n) is 3.41. The molecule has 17 heavy (non-hydrogen) atoms. The van der Waals surface area contributed by atoms with Crippen molar-refractivity contribution in [2.45, 2.75) is 6.92 Å². The van der Waals surface area contributed by atoms with Crippen LogP contribution in [0.3, 0.4) is 0 Å². The average Bonchev–Trinajstić information content (AvgIpc) is 2.61. The summed E-state index contributed by atoms with van der Waals surface area (Å²) in [6.07, 6.45) is -1.21. The van der Waals surface area contributed by atoms with Crippen molar-refractivity contribution in [1.82, 2.24) is 5.16 Å². The molecule has 88 valence electrons. The van der Waals surface area contributed by atoms with Gasteiger partial charge in [0.1, 0.15) is 17.2 Å². The lowest BCUT2D eigenvalue weighted by molar-refractivity contribution is 0.209. The number of halogens is 1. The molecule has 0 saturated carbocycles. The third kappa shape index (κ3) is 2.25. The van der Waals surface area contributed by atoms with E-state index in [1.165, 1.54) is 24.3 Å². The van der Waals surface area contributed by atoms with E-state index < -0.39 is 6.09 Å². The van der Waals surface area contributed by atoms with E-state index >= 15 is 0 Å². The summed E-state index contributed by atoms with van der Waals surface area (Å²) in [7, 11) is 0. The summed E-state index contributed by atoms with van der Waals surface area (Å²) in [6.45, 7) is 1.61. The van der Waals surface area contributed by atoms with Crippen molar-refractivity contribution in [3.63, 3.8) is 0 Å². The highest BCUT2D eigenvalue weighted by Crippen LogP contribution is 2.30. The molecule has 5 nitrogen and oxygen atoms in total. The molecule has 1 amide bonds. The van der Waals surface area contributed by atoms with Crippen molar-refractivity contribution in [3.05, 3.63) is 35.8 Å². The molecule has 1 aromatic heterocycles. The van der Waals surface area contributed by atoms with E-state index in [2.05, 4.69) is 10.5 Å². The summed E-state index contributed by atoms with van der Waals surface area (Å²) >= 11 is 0. The van der Waals surface area contributed by atoms with Gasteiger partial charge in [-0.15, -0.1) is 0 Å². The third-order valence-electron chi connectivity index (χ3n) is 2.20. The van der Waals surface area contributed by atoms with Gasteiger partial charge in [0.15, 0.2) is 5.76 Å². The van der Waals surface area contributed by atoms with Gasteiger partial charge in [-0.3, -0.25) is 5.32 Å². The van der Waals surface area contributed by atoms with Crippen molar-refractivity contribution in [3.8, 4) is 11.3 Å². The number of hydrogen-bond acceptors (Lipinski definition) is 3. The summed E-state index contributed by atoms with van der Waals surface area (Å²) in [5.41, 5.74) is 1.24. The van der Waals surface area contributed by atoms with Crippen LogP contribution in [0.25, 0.3) is 11.3 Å². The van der Waals surface area contributed by atoms with Gasteiger partial charge in [-0.25, -0.2) is 9.18 Å². The maximum Gasteiger partial charge on any atom is 0.409 e. The smallest absolute Gasteiger partial charge is 0.409 e. The monoisotopic (exact) mass is 236 g/mol. The lowest BCUT2D eigenvalue weighted by Crippen LogP contribution is -2.08. The first-order valence-electron chi connectivity index (χ1n) is 4.80. The molecule has 0 radical (unpaired) electrons. The minimum atomic E-state index is -1.21. The highest BCUT2D eigenvalue weighted by Gasteiger charge is 2.16. The maximum atomic E-state index is 12.8. The predicted octanol–water partition coefficient (Wildman–Crippen LogP) is 2.88. The lowest BCUT2D eigenvalue weighted by atomic mass is 10.1. The van der Waals surface area contributed by atoms with Crippen LogP contribution in [0.2, 0.25) is 0 Å². The Morgan fingerprint density at radius 3 is 2.65 bits per heavy atom. The molecule has 0 bridgehead atoms. The molecule has 0 fully saturated rings. The average molecular weight is 236 g/mol. The fourth-order valence-electron chi connectivity index (χ4n) is 1.42. The van der Waals surface area contributed by atoms with Gasteiger partial charge in [-0.05, 0) is 31.2 Å². The Hall–Kier alpha value is -2.37. The number of nitrogens with one attached hydrogen (secondary N) is 1. The second kappa shape index (κ2) is 4.25. The van der Waals surface area contributed by atoms with Gasteiger partial charge in [-0.1, -0.05) is 5.16 Å². The number of rotatable bonds is 2. The van der Waals surface area contributed by atoms with Crippen LogP contribution < -0.4 is 5.32 Å². The number of carbonyl (C=O) groups is 1. The van der Waals surface area contributed by atoms with Crippen LogP contribution in [-0.4, -0.2) is 16.4 Å². The zero-order valence-corrected chi connectivity index (χ0v) is 8.90. The van der Waals surface area contributed by atoms with Gasteiger partial charge in [0.2, 0.25) is 0 Å². The van der Waals surface area contributed by atoms with Gasteiger partial charge in [0, 0.05) is 5.56 Å². The summed E-state index contributed by atoms with van der Waals surface area (Å²) < 4.78 is 17.8. The molecule has 2 rings (SSSR count). The topological polar surface area (TPSA) is 75.4 Å². The molecule has 0 saturated heterocycles. The van der Waals surface area contributed by atoms with E-state index in [-0.39, 0.29) is 17.3 Å². The van der Waals surface area contributed by atoms with Crippen molar-refractivity contribution in [2.24, 2.45) is 0 Å². The molecular weight excluding hydrogens is 227 g/mol. The molecule has 1 aromatic carbocycles. The number of aromatic nitrogens is 1. The first kappa shape index (κ1) is 11.1. The largest absolute Gasteiger partial charge is 0.465 e. The SMILES string of the molecule is Cc1noc(-c2ccc(F)cc2)c1NC(=O)O. The molecule has 0 spiro atoms. The Morgan fingerprint density at radius 2 is 2.06 bits per heavy atom. The van der Waals surface area contributed by atoms with E-state index in [1.54, 1.807) is 6.92 Å². The first-order valence-corrected chi connectivity index (χ1v) is 4.80. The van der Waals surface area contributed by atoms with E-state index in [1.807, 2.05) is 0 Å². The van der Waals surface area contributed by atoms with Crippen LogP contribution in [-0.2, 0) is 0 Å². The quantitative estimate of drug-likeness (QED) is 0.840. The van der Waals surface area contributed by atoms with Gasteiger partial charge in [0.25, 0.3) is 0 Å². The van der Waals surface area contributed by atoms with E-state index in [4.69, 9.17) is 9.63 Å². The number of benzene rings is 1. The van der Waals surface area contributed by atoms with Gasteiger partial charge in [-0.2, -0.15) is 0 Å². The number of nitrogens with zero attached hydrogens (tertiary/aromatic N) is 1. The van der Waals surface area contributed by atoms with Crippen molar-refractivity contribution in [2.75, 3.05) is 5.32 Å². The standard InChI is InChI=1S/C11H9FN2O3/c1-6-9(13-11(15)16)10(17-14-6)7-2-4-8(12)5-3-7/h2-5,13H,1H3,(H,15,16). The van der Waals surface area contributed by atoms with Crippen molar-refractivity contribution in [1.29, 1.82) is 0 Å². The fourth-order valence-corrected chi connectivity index (χ4v) is 1.42. The molecule has 6 heteroatoms. The van der Waals surface area contributed by atoms with Gasteiger partial charge in [0.05, 0.1) is 0 Å². The second-order valence-corrected chi connectivity index (χ2v) is 3.41. The van der Waals surface area contributed by atoms with Crippen LogP contribution in [0, 0.1) is 12.7 Å². The van der Waals surface area contributed by atoms with E-state index in [0.717, 1.165) is 0 Å². The number of carboxylic acid groups (broad SMARTS) is 1. The van der Waals surface area contributed by atoms with Crippen LogP contribution in [0.5, 0.6) is 0 Å². The number of aryl methyl sites for hydroxylation is 1. The van der Waals surface area contributed by atoms with Crippen molar-refractivity contribution >= 4 is 11.8 Å². The van der Waals surface area contributed by atoms with Gasteiger partial charge >= 0.3 is 6.09 Å². The molecular formula is C11H9FN2O3. The van der Waals surface area contributed by atoms with Gasteiger partial charge < -0.3 is 9.63 Å². The maximum absolute atomic E-state index is 12.8. The lowest BCUT2D eigenvalue weighted by Gasteiger charge is -2.01. The fraction of sp³-hybridized carbons (Fsp3) is 0.0909. The normalized spacial score (nSPS) is 10.2. The zero-order chi connectivity index (χ0) is 12.4. The Labute approximate surface area is 95.9 Å². The summed E-state index contributed by atoms with van der Waals surface area (Å²) in [5.74, 6) is -0.109. The van der Waals surface area contributed by atoms with Crippen LogP contribution >= 0.6 is 0 Å². The molecule has 0 aliphatic heterocycles. The van der Waals surface area contributed by atoms with E-state index in [9.17, 15) is 9.18 Å². The van der Waals surface area contributed by atoms with Crippen LogP contribution in [0.4, 0.5) is 14.9 Å². The first-order chi connectivity index (χ1) is 8.08. The summed E-state index contributed by atoms with van der Waals surface area (Å²) in [6, 6.07) is 5.50. The number of amides is 1. The van der Waals surface area contributed by atoms with Crippen LogP contribution in [0.1, 0.15) is 5.69 Å². The predicted molar refractivity (Wildman–Crippen MR) is 58.3 cm³/mol. The highest BCUT2D eigenvalue weighted by atomic mass is 19.1. The minimum Gasteiger partial charge on any atom is -0.465 e. The number of hydrogen-bond donors (Lipinski definition) is 2. The Bertz CT molecular complexity index is 548. The molecule has 0 aliphatic rings. The molecule has 2 N–H and O–H groups in total. The number of anilines is 1. The summed E-state index contributed by atoms with van der Waals surface area (Å²) in [4.78, 5) is 10.6. The molecule has 0 atom stereocenters. The molecule has 2 aromatic rings. The highest BCUT2D eigenvalue weighted by molar-refractivity contribution is 5.89. The van der Waals surface area contributed by atoms with E-state index in [0.29, 0.717) is 11.3 Å². The third-order valence-corrected chi connectivity index (χ3v) is 2.20. The molecule has 0 unspecified atom stereocenters. The molecule has 0 aliphatic carbocycles. The van der Waals surface area contributed by atoms with Crippen LogP contribution in [0.15, 0.2) is 28.8 Å². The molecule has 1 heterocycles. The summed E-state index contributed by atoms with van der Waals surface area (Å²) in [5, 5.41) is 14.6. The Balaban J connectivity index is 2.45. The Kier molecular flexibility index (Phi) is 2.78.